The summed E-state index contributed by atoms with van der Waals surface area (Å²) in [6.07, 6.45) is -0.643. The molecule has 0 heterocycles. The molecule has 1 N–H and O–H groups in total. The number of anilines is 1. The zero-order valence-electron chi connectivity index (χ0n) is 12.7. The van der Waals surface area contributed by atoms with E-state index in [2.05, 4.69) is 5.32 Å². The maximum Gasteiger partial charge on any atom is 0.418 e. The summed E-state index contributed by atoms with van der Waals surface area (Å²) >= 11 is 1.33. The Hall–Kier alpha value is -2.21. The van der Waals surface area contributed by atoms with E-state index in [1.807, 2.05) is 42.5 Å². The summed E-state index contributed by atoms with van der Waals surface area (Å²) in [6, 6.07) is 14.7. The van der Waals surface area contributed by atoms with E-state index < -0.39 is 17.6 Å². The molecule has 2 aromatic rings. The molecular weight excluding hydrogens is 335 g/mol. The molecule has 1 amide bonds. The minimum Gasteiger partial charge on any atom is -0.325 e. The first-order valence-electron chi connectivity index (χ1n) is 7.22. The molecule has 126 valence electrons. The van der Waals surface area contributed by atoms with Crippen LogP contribution in [0.25, 0.3) is 6.08 Å². The number of carbonyl (C=O) groups excluding carboxylic acids is 1. The fourth-order valence-corrected chi connectivity index (χ4v) is 2.60. The quantitative estimate of drug-likeness (QED) is 0.735. The molecule has 2 rings (SSSR count). The van der Waals surface area contributed by atoms with E-state index in [4.69, 9.17) is 0 Å². The SMILES string of the molecule is O=C(CSCC=Cc1ccccc1)Nc1ccccc1C(F)(F)F. The first kappa shape index (κ1) is 18.1. The van der Waals surface area contributed by atoms with Crippen LogP contribution in [0.5, 0.6) is 0 Å². The van der Waals surface area contributed by atoms with E-state index in [9.17, 15) is 18.0 Å². The maximum absolute atomic E-state index is 12.8. The van der Waals surface area contributed by atoms with Gasteiger partial charge in [-0.1, -0.05) is 54.6 Å². The molecular formula is C18H16F3NOS. The molecule has 6 heteroatoms. The first-order valence-corrected chi connectivity index (χ1v) is 8.37. The Morgan fingerprint density at radius 2 is 1.71 bits per heavy atom. The topological polar surface area (TPSA) is 29.1 Å². The number of carbonyl (C=O) groups is 1. The molecule has 0 atom stereocenters. The van der Waals surface area contributed by atoms with Gasteiger partial charge in [0.15, 0.2) is 0 Å². The summed E-state index contributed by atoms with van der Waals surface area (Å²) < 4.78 is 38.5. The van der Waals surface area contributed by atoms with Gasteiger partial charge < -0.3 is 5.32 Å². The molecule has 0 aromatic heterocycles. The average molecular weight is 351 g/mol. The van der Waals surface area contributed by atoms with Gasteiger partial charge in [-0.25, -0.2) is 0 Å². The number of hydrogen-bond acceptors (Lipinski definition) is 2. The molecule has 0 unspecified atom stereocenters. The van der Waals surface area contributed by atoms with Gasteiger partial charge in [-0.15, -0.1) is 11.8 Å². The molecule has 0 aliphatic carbocycles. The van der Waals surface area contributed by atoms with E-state index in [0.717, 1.165) is 11.6 Å². The predicted octanol–water partition coefficient (Wildman–Crippen LogP) is 5.09. The van der Waals surface area contributed by atoms with Crippen LogP contribution >= 0.6 is 11.8 Å². The lowest BCUT2D eigenvalue weighted by Crippen LogP contribution is -2.18. The number of nitrogens with one attached hydrogen (secondary N) is 1. The van der Waals surface area contributed by atoms with Gasteiger partial charge in [-0.05, 0) is 17.7 Å². The van der Waals surface area contributed by atoms with E-state index in [1.165, 1.54) is 30.0 Å². The number of thioether (sulfide) groups is 1. The van der Waals surface area contributed by atoms with Crippen LogP contribution in [0, 0.1) is 0 Å². The highest BCUT2D eigenvalue weighted by molar-refractivity contribution is 8.00. The second-order valence-electron chi connectivity index (χ2n) is 4.92. The van der Waals surface area contributed by atoms with Crippen molar-refractivity contribution in [2.45, 2.75) is 6.18 Å². The van der Waals surface area contributed by atoms with E-state index in [0.29, 0.717) is 5.75 Å². The third kappa shape index (κ3) is 5.77. The van der Waals surface area contributed by atoms with Gasteiger partial charge >= 0.3 is 6.18 Å². The smallest absolute Gasteiger partial charge is 0.325 e. The minimum atomic E-state index is -4.49. The summed E-state index contributed by atoms with van der Waals surface area (Å²) in [5.74, 6) is 0.235. The van der Waals surface area contributed by atoms with Crippen molar-refractivity contribution in [2.75, 3.05) is 16.8 Å². The zero-order chi connectivity index (χ0) is 17.4. The molecule has 0 radical (unpaired) electrons. The largest absolute Gasteiger partial charge is 0.418 e. The second-order valence-corrected chi connectivity index (χ2v) is 5.95. The molecule has 0 fully saturated rings. The highest BCUT2D eigenvalue weighted by Gasteiger charge is 2.33. The number of benzene rings is 2. The molecule has 2 aromatic carbocycles. The Bertz CT molecular complexity index is 699. The lowest BCUT2D eigenvalue weighted by atomic mass is 10.1. The van der Waals surface area contributed by atoms with Crippen LogP contribution in [-0.2, 0) is 11.0 Å². The monoisotopic (exact) mass is 351 g/mol. The molecule has 2 nitrogen and oxygen atoms in total. The van der Waals surface area contributed by atoms with Gasteiger partial charge in [0.1, 0.15) is 0 Å². The van der Waals surface area contributed by atoms with E-state index in [-0.39, 0.29) is 11.4 Å². The third-order valence-electron chi connectivity index (χ3n) is 3.06. The summed E-state index contributed by atoms with van der Waals surface area (Å²) in [7, 11) is 0. The highest BCUT2D eigenvalue weighted by Crippen LogP contribution is 2.34. The van der Waals surface area contributed by atoms with Gasteiger partial charge in [-0.2, -0.15) is 13.2 Å². The molecule has 0 bridgehead atoms. The van der Waals surface area contributed by atoms with Crippen molar-refractivity contribution in [1.82, 2.24) is 0 Å². The van der Waals surface area contributed by atoms with Crippen LogP contribution < -0.4 is 5.32 Å². The maximum atomic E-state index is 12.8. The normalized spacial score (nSPS) is 11.6. The van der Waals surface area contributed by atoms with Crippen LogP contribution in [0.4, 0.5) is 18.9 Å². The number of halogens is 3. The van der Waals surface area contributed by atoms with Gasteiger partial charge in [-0.3, -0.25) is 4.79 Å². The number of para-hydroxylation sites is 1. The molecule has 0 saturated carbocycles. The fourth-order valence-electron chi connectivity index (χ4n) is 1.99. The Morgan fingerprint density at radius 1 is 1.04 bits per heavy atom. The summed E-state index contributed by atoms with van der Waals surface area (Å²) in [6.45, 7) is 0. The predicted molar refractivity (Wildman–Crippen MR) is 92.9 cm³/mol. The van der Waals surface area contributed by atoms with Crippen LogP contribution in [-0.4, -0.2) is 17.4 Å². The highest BCUT2D eigenvalue weighted by atomic mass is 32.2. The van der Waals surface area contributed by atoms with Crippen LogP contribution in [0.3, 0.4) is 0 Å². The lowest BCUT2D eigenvalue weighted by molar-refractivity contribution is -0.137. The van der Waals surface area contributed by atoms with Gasteiger partial charge in [0, 0.05) is 5.75 Å². The van der Waals surface area contributed by atoms with Gasteiger partial charge in [0.05, 0.1) is 17.0 Å². The molecule has 0 spiro atoms. The van der Waals surface area contributed by atoms with Crippen molar-refractivity contribution < 1.29 is 18.0 Å². The van der Waals surface area contributed by atoms with Gasteiger partial charge in [0.2, 0.25) is 5.91 Å². The standard InChI is InChI=1S/C18H16F3NOS/c19-18(20,21)15-10-4-5-11-16(15)22-17(23)13-24-12-6-9-14-7-2-1-3-8-14/h1-11H,12-13H2,(H,22,23). The minimum absolute atomic E-state index is 0.0886. The van der Waals surface area contributed by atoms with Crippen LogP contribution in [0.2, 0.25) is 0 Å². The average Bonchev–Trinajstić information content (AvgIpc) is 2.55. The van der Waals surface area contributed by atoms with Crippen molar-refractivity contribution >= 4 is 29.4 Å². The van der Waals surface area contributed by atoms with E-state index in [1.54, 1.807) is 0 Å². The zero-order valence-corrected chi connectivity index (χ0v) is 13.5. The molecule has 24 heavy (non-hydrogen) atoms. The Kier molecular flexibility index (Phi) is 6.49. The van der Waals surface area contributed by atoms with Crippen molar-refractivity contribution in [3.63, 3.8) is 0 Å². The van der Waals surface area contributed by atoms with Gasteiger partial charge in [0.25, 0.3) is 0 Å². The Morgan fingerprint density at radius 3 is 2.42 bits per heavy atom. The summed E-state index contributed by atoms with van der Waals surface area (Å²) in [4.78, 5) is 11.8. The third-order valence-corrected chi connectivity index (χ3v) is 3.96. The fraction of sp³-hybridized carbons (Fsp3) is 0.167. The number of amides is 1. The van der Waals surface area contributed by atoms with Crippen molar-refractivity contribution in [1.29, 1.82) is 0 Å². The molecule has 0 saturated heterocycles. The Balaban J connectivity index is 1.81. The second kappa shape index (κ2) is 8.59. The molecule has 0 aliphatic rings. The van der Waals surface area contributed by atoms with Crippen LogP contribution in [0.1, 0.15) is 11.1 Å². The lowest BCUT2D eigenvalue weighted by Gasteiger charge is -2.13. The van der Waals surface area contributed by atoms with E-state index >= 15 is 0 Å². The number of alkyl halides is 3. The first-order chi connectivity index (χ1) is 11.5. The van der Waals surface area contributed by atoms with Crippen LogP contribution in [0.15, 0.2) is 60.7 Å². The molecule has 0 aliphatic heterocycles. The Labute approximate surface area is 142 Å². The summed E-state index contributed by atoms with van der Waals surface area (Å²) in [5.41, 5.74) is 0.00408. The number of rotatable bonds is 6. The summed E-state index contributed by atoms with van der Waals surface area (Å²) in [5, 5.41) is 2.32. The van der Waals surface area contributed by atoms with Crippen molar-refractivity contribution in [2.24, 2.45) is 0 Å². The van der Waals surface area contributed by atoms with Crippen molar-refractivity contribution in [3.8, 4) is 0 Å². The van der Waals surface area contributed by atoms with Crippen molar-refractivity contribution in [3.05, 3.63) is 71.8 Å². The number of hydrogen-bond donors (Lipinski definition) is 1.